The molecule has 10 heteroatoms. The molecule has 0 saturated carbocycles. The monoisotopic (exact) mass is 481 g/mol. The molecule has 0 unspecified atom stereocenters. The standard InChI is InChI=1S/C24H27N5O4S/c1-3-18(23(31)27-13-15-7-5-4-6-8-15)29(14-16-9-11-17(33-2)12-10-16)24(32)21-19(25)20(22(26)30)28-34-21/h4-12,18H,3,13-14,25H2,1-2H3,(H2,26,30)(H,27,31)/t18-/m0/s1. The van der Waals surface area contributed by atoms with Gasteiger partial charge in [-0.25, -0.2) is 0 Å². The smallest absolute Gasteiger partial charge is 0.270 e. The van der Waals surface area contributed by atoms with Crippen molar-refractivity contribution >= 4 is 34.9 Å². The molecule has 0 aliphatic carbocycles. The van der Waals surface area contributed by atoms with E-state index in [0.29, 0.717) is 18.7 Å². The minimum absolute atomic E-state index is 0.0663. The van der Waals surface area contributed by atoms with Crippen LogP contribution in [0.4, 0.5) is 5.69 Å². The summed E-state index contributed by atoms with van der Waals surface area (Å²) >= 11 is 0.789. The van der Waals surface area contributed by atoms with Crippen molar-refractivity contribution < 1.29 is 19.1 Å². The predicted molar refractivity (Wildman–Crippen MR) is 130 cm³/mol. The Labute approximate surface area is 201 Å². The van der Waals surface area contributed by atoms with Gasteiger partial charge >= 0.3 is 0 Å². The van der Waals surface area contributed by atoms with Crippen LogP contribution in [0, 0.1) is 0 Å². The maximum atomic E-state index is 13.6. The molecule has 5 N–H and O–H groups in total. The van der Waals surface area contributed by atoms with Gasteiger partial charge in [0.25, 0.3) is 11.8 Å². The number of nitrogens with two attached hydrogens (primary N) is 2. The molecule has 0 spiro atoms. The number of primary amides is 1. The second-order valence-electron chi connectivity index (χ2n) is 7.55. The van der Waals surface area contributed by atoms with Crippen LogP contribution in [0.25, 0.3) is 0 Å². The highest BCUT2D eigenvalue weighted by Gasteiger charge is 2.32. The van der Waals surface area contributed by atoms with Crippen molar-refractivity contribution in [1.29, 1.82) is 0 Å². The number of carbonyl (C=O) groups excluding carboxylic acids is 3. The Morgan fingerprint density at radius 3 is 2.32 bits per heavy atom. The third-order valence-electron chi connectivity index (χ3n) is 5.30. The molecule has 0 fully saturated rings. The minimum atomic E-state index is -0.817. The average molecular weight is 482 g/mol. The zero-order valence-electron chi connectivity index (χ0n) is 19.0. The molecule has 0 saturated heterocycles. The SMILES string of the molecule is CC[C@@H](C(=O)NCc1ccccc1)N(Cc1ccc(OC)cc1)C(=O)c1snc(C(N)=O)c1N. The summed E-state index contributed by atoms with van der Waals surface area (Å²) in [6.07, 6.45) is 0.365. The van der Waals surface area contributed by atoms with Crippen LogP contribution in [-0.4, -0.2) is 40.1 Å². The lowest BCUT2D eigenvalue weighted by Crippen LogP contribution is -2.48. The molecule has 9 nitrogen and oxygen atoms in total. The fourth-order valence-corrected chi connectivity index (χ4v) is 4.22. The number of anilines is 1. The summed E-state index contributed by atoms with van der Waals surface area (Å²) in [5.74, 6) is -0.944. The summed E-state index contributed by atoms with van der Waals surface area (Å²) in [4.78, 5) is 39.8. The number of nitrogens with one attached hydrogen (secondary N) is 1. The fraction of sp³-hybridized carbons (Fsp3) is 0.250. The average Bonchev–Trinajstić information content (AvgIpc) is 3.24. The normalized spacial score (nSPS) is 11.5. The van der Waals surface area contributed by atoms with Gasteiger partial charge in [0.05, 0.1) is 12.8 Å². The van der Waals surface area contributed by atoms with E-state index in [2.05, 4.69) is 9.69 Å². The number of amides is 3. The summed E-state index contributed by atoms with van der Waals surface area (Å²) in [6.45, 7) is 2.30. The second-order valence-corrected chi connectivity index (χ2v) is 8.32. The molecule has 0 aliphatic heterocycles. The van der Waals surface area contributed by atoms with Gasteiger partial charge in [-0.05, 0) is 41.2 Å². The Morgan fingerprint density at radius 2 is 1.76 bits per heavy atom. The minimum Gasteiger partial charge on any atom is -0.497 e. The number of aromatic nitrogens is 1. The number of benzene rings is 2. The van der Waals surface area contributed by atoms with Gasteiger partial charge in [-0.15, -0.1) is 0 Å². The van der Waals surface area contributed by atoms with Gasteiger partial charge in [-0.2, -0.15) is 4.37 Å². The third kappa shape index (κ3) is 5.70. The van der Waals surface area contributed by atoms with Crippen LogP contribution in [0.5, 0.6) is 5.75 Å². The Balaban J connectivity index is 1.90. The van der Waals surface area contributed by atoms with Crippen molar-refractivity contribution in [2.45, 2.75) is 32.5 Å². The Bertz CT molecular complexity index is 1150. The van der Waals surface area contributed by atoms with Crippen LogP contribution in [0.15, 0.2) is 54.6 Å². The van der Waals surface area contributed by atoms with Crippen molar-refractivity contribution in [3.8, 4) is 5.75 Å². The molecule has 3 amide bonds. The van der Waals surface area contributed by atoms with E-state index in [1.807, 2.05) is 49.4 Å². The van der Waals surface area contributed by atoms with E-state index in [1.54, 1.807) is 19.2 Å². The van der Waals surface area contributed by atoms with Crippen LogP contribution < -0.4 is 21.5 Å². The maximum absolute atomic E-state index is 13.6. The van der Waals surface area contributed by atoms with Crippen molar-refractivity contribution in [3.05, 3.63) is 76.3 Å². The van der Waals surface area contributed by atoms with Crippen molar-refractivity contribution in [1.82, 2.24) is 14.6 Å². The van der Waals surface area contributed by atoms with E-state index in [9.17, 15) is 14.4 Å². The number of carbonyl (C=O) groups is 3. The number of nitrogen functional groups attached to an aromatic ring is 1. The molecule has 34 heavy (non-hydrogen) atoms. The number of ether oxygens (including phenoxy) is 1. The lowest BCUT2D eigenvalue weighted by molar-refractivity contribution is -0.126. The molecule has 0 radical (unpaired) electrons. The summed E-state index contributed by atoms with van der Waals surface area (Å²) in [5.41, 5.74) is 12.8. The molecule has 3 rings (SSSR count). The highest BCUT2D eigenvalue weighted by Crippen LogP contribution is 2.26. The van der Waals surface area contributed by atoms with Crippen molar-refractivity contribution in [2.24, 2.45) is 5.73 Å². The van der Waals surface area contributed by atoms with Gasteiger partial charge in [-0.1, -0.05) is 49.4 Å². The summed E-state index contributed by atoms with van der Waals surface area (Å²) < 4.78 is 9.13. The zero-order chi connectivity index (χ0) is 24.7. The molecular formula is C24H27N5O4S. The maximum Gasteiger partial charge on any atom is 0.270 e. The van der Waals surface area contributed by atoms with Crippen molar-refractivity contribution in [2.75, 3.05) is 12.8 Å². The Morgan fingerprint density at radius 1 is 1.09 bits per heavy atom. The third-order valence-corrected chi connectivity index (χ3v) is 6.15. The molecular weight excluding hydrogens is 454 g/mol. The summed E-state index contributed by atoms with van der Waals surface area (Å²) in [7, 11) is 1.57. The molecule has 178 valence electrons. The van der Waals surface area contributed by atoms with E-state index in [1.165, 1.54) is 4.90 Å². The molecule has 0 bridgehead atoms. The number of methoxy groups -OCH3 is 1. The predicted octanol–water partition coefficient (Wildman–Crippen LogP) is 2.57. The van der Waals surface area contributed by atoms with E-state index in [-0.39, 0.29) is 28.7 Å². The number of hydrogen-bond donors (Lipinski definition) is 3. The fourth-order valence-electron chi connectivity index (χ4n) is 3.46. The van der Waals surface area contributed by atoms with Gasteiger partial charge in [0.2, 0.25) is 5.91 Å². The molecule has 1 atom stereocenters. The molecule has 2 aromatic carbocycles. The van der Waals surface area contributed by atoms with Gasteiger partial charge in [-0.3, -0.25) is 14.4 Å². The quantitative estimate of drug-likeness (QED) is 0.406. The first kappa shape index (κ1) is 24.7. The van der Waals surface area contributed by atoms with Gasteiger partial charge < -0.3 is 26.4 Å². The molecule has 3 aromatic rings. The Hall–Kier alpha value is -3.92. The Kier molecular flexibility index (Phi) is 8.20. The second kappa shape index (κ2) is 11.3. The summed E-state index contributed by atoms with van der Waals surface area (Å²) in [6, 6.07) is 15.9. The first-order valence-electron chi connectivity index (χ1n) is 10.7. The summed E-state index contributed by atoms with van der Waals surface area (Å²) in [5, 5.41) is 2.91. The molecule has 1 heterocycles. The molecule has 1 aromatic heterocycles. The van der Waals surface area contributed by atoms with Crippen molar-refractivity contribution in [3.63, 3.8) is 0 Å². The first-order valence-corrected chi connectivity index (χ1v) is 11.4. The van der Waals surface area contributed by atoms with Gasteiger partial charge in [0.15, 0.2) is 5.69 Å². The van der Waals surface area contributed by atoms with Gasteiger partial charge in [0, 0.05) is 13.1 Å². The van der Waals surface area contributed by atoms with Gasteiger partial charge in [0.1, 0.15) is 16.7 Å². The highest BCUT2D eigenvalue weighted by molar-refractivity contribution is 7.09. The lowest BCUT2D eigenvalue weighted by atomic mass is 10.1. The van der Waals surface area contributed by atoms with Crippen LogP contribution in [0.3, 0.4) is 0 Å². The number of hydrogen-bond acceptors (Lipinski definition) is 7. The topological polar surface area (TPSA) is 141 Å². The molecule has 0 aliphatic rings. The van der Waals surface area contributed by atoms with E-state index < -0.39 is 17.9 Å². The number of nitrogens with zero attached hydrogens (tertiary/aromatic N) is 2. The zero-order valence-corrected chi connectivity index (χ0v) is 19.8. The number of rotatable bonds is 10. The first-order chi connectivity index (χ1) is 16.3. The van der Waals surface area contributed by atoms with E-state index in [4.69, 9.17) is 16.2 Å². The largest absolute Gasteiger partial charge is 0.497 e. The van der Waals surface area contributed by atoms with Crippen LogP contribution in [0.2, 0.25) is 0 Å². The van der Waals surface area contributed by atoms with Crippen LogP contribution in [0.1, 0.15) is 44.6 Å². The van der Waals surface area contributed by atoms with Crippen LogP contribution >= 0.6 is 11.5 Å². The lowest BCUT2D eigenvalue weighted by Gasteiger charge is -2.30. The highest BCUT2D eigenvalue weighted by atomic mass is 32.1. The van der Waals surface area contributed by atoms with E-state index in [0.717, 1.165) is 22.7 Å². The van der Waals surface area contributed by atoms with E-state index >= 15 is 0 Å². The van der Waals surface area contributed by atoms with Crippen LogP contribution in [-0.2, 0) is 17.9 Å².